The molecule has 1 rings (SSSR count). The highest BCUT2D eigenvalue weighted by Crippen LogP contribution is 2.28. The number of aliphatic hydroxyl groups excluding tert-OH is 3. The molecule has 0 amide bonds. The van der Waals surface area contributed by atoms with E-state index in [9.17, 15) is 30.5 Å². The van der Waals surface area contributed by atoms with Crippen LogP contribution in [0.1, 0.15) is 6.92 Å². The minimum Gasteiger partial charge on any atom is -0.388 e. The summed E-state index contributed by atoms with van der Waals surface area (Å²) < 4.78 is 4.51. The Morgan fingerprint density at radius 1 is 1.40 bits per heavy atom. The normalized spacial score (nSPS) is 46.2. The molecular formula is C6H11NO8. The molecule has 4 N–H and O–H groups in total. The second kappa shape index (κ2) is 3.87. The number of hydrogen-bond acceptors (Lipinski definition) is 8. The van der Waals surface area contributed by atoms with Gasteiger partial charge in [0.15, 0.2) is 6.10 Å². The number of rotatable bonds is 2. The van der Waals surface area contributed by atoms with Crippen molar-refractivity contribution in [2.75, 3.05) is 0 Å². The Labute approximate surface area is 83.6 Å². The van der Waals surface area contributed by atoms with Crippen molar-refractivity contribution in [2.45, 2.75) is 37.3 Å². The van der Waals surface area contributed by atoms with Crippen LogP contribution in [0.5, 0.6) is 0 Å². The fourth-order valence-electron chi connectivity index (χ4n) is 1.27. The summed E-state index contributed by atoms with van der Waals surface area (Å²) in [5, 5.41) is 45.6. The van der Waals surface area contributed by atoms with Gasteiger partial charge in [-0.15, -0.1) is 10.1 Å². The first-order chi connectivity index (χ1) is 6.78. The van der Waals surface area contributed by atoms with Gasteiger partial charge < -0.3 is 25.2 Å². The zero-order valence-electron chi connectivity index (χ0n) is 7.68. The Morgan fingerprint density at radius 3 is 2.40 bits per heavy atom. The second-order valence-electron chi connectivity index (χ2n) is 3.19. The maximum Gasteiger partial charge on any atom is 0.352 e. The molecule has 1 saturated heterocycles. The fourth-order valence-corrected chi connectivity index (χ4v) is 1.27. The molecular weight excluding hydrogens is 214 g/mol. The SMILES string of the molecule is C[C@@H]1OC(O)(O[N+](=O)[O-])[C@H](O)[C@H](O)[C@H]1O. The third-order valence-electron chi connectivity index (χ3n) is 2.09. The molecule has 88 valence electrons. The van der Waals surface area contributed by atoms with E-state index in [-0.39, 0.29) is 0 Å². The van der Waals surface area contributed by atoms with E-state index in [0.717, 1.165) is 0 Å². The number of ether oxygens (including phenoxy) is 1. The van der Waals surface area contributed by atoms with Crippen LogP contribution in [0.25, 0.3) is 0 Å². The highest BCUT2D eigenvalue weighted by molar-refractivity contribution is 4.89. The quantitative estimate of drug-likeness (QED) is 0.226. The van der Waals surface area contributed by atoms with Gasteiger partial charge in [0.2, 0.25) is 0 Å². The maximum atomic E-state index is 10.0. The standard InChI is InChI=1S/C6H11NO8/c1-2-3(8)4(9)5(10)6(11,14-2)15-7(12)13/h2-5,8-11H,1H3/t2-,3-,4+,5+,6?/m0/s1. The van der Waals surface area contributed by atoms with Gasteiger partial charge in [-0.3, -0.25) is 0 Å². The molecule has 0 spiro atoms. The largest absolute Gasteiger partial charge is 0.388 e. The van der Waals surface area contributed by atoms with Gasteiger partial charge in [-0.2, -0.15) is 0 Å². The van der Waals surface area contributed by atoms with E-state index in [1.807, 2.05) is 0 Å². The van der Waals surface area contributed by atoms with Crippen molar-refractivity contribution in [3.63, 3.8) is 0 Å². The van der Waals surface area contributed by atoms with Crippen molar-refractivity contribution < 1.29 is 35.1 Å². The first-order valence-corrected chi connectivity index (χ1v) is 4.06. The van der Waals surface area contributed by atoms with E-state index in [1.165, 1.54) is 6.92 Å². The Hall–Kier alpha value is -1.00. The van der Waals surface area contributed by atoms with Gasteiger partial charge in [0.25, 0.3) is 5.09 Å². The summed E-state index contributed by atoms with van der Waals surface area (Å²) in [6.45, 7) is 1.24. The Kier molecular flexibility index (Phi) is 3.11. The summed E-state index contributed by atoms with van der Waals surface area (Å²) in [7, 11) is 0. The van der Waals surface area contributed by atoms with Crippen molar-refractivity contribution >= 4 is 0 Å². The third-order valence-corrected chi connectivity index (χ3v) is 2.09. The monoisotopic (exact) mass is 225 g/mol. The lowest BCUT2D eigenvalue weighted by Gasteiger charge is -2.42. The van der Waals surface area contributed by atoms with Gasteiger partial charge in [-0.1, -0.05) is 0 Å². The minimum absolute atomic E-state index is 1.13. The van der Waals surface area contributed by atoms with Crippen LogP contribution in [-0.2, 0) is 9.57 Å². The minimum atomic E-state index is -2.97. The molecule has 1 aliphatic heterocycles. The van der Waals surface area contributed by atoms with Crippen LogP contribution in [0.2, 0.25) is 0 Å². The Bertz CT molecular complexity index is 260. The van der Waals surface area contributed by atoms with E-state index in [0.29, 0.717) is 0 Å². The van der Waals surface area contributed by atoms with E-state index >= 15 is 0 Å². The maximum absolute atomic E-state index is 10.0. The fraction of sp³-hybridized carbons (Fsp3) is 1.00. The van der Waals surface area contributed by atoms with Crippen LogP contribution in [0.4, 0.5) is 0 Å². The van der Waals surface area contributed by atoms with Crippen LogP contribution in [0.3, 0.4) is 0 Å². The summed E-state index contributed by atoms with van der Waals surface area (Å²) in [5.41, 5.74) is 0. The highest BCUT2D eigenvalue weighted by Gasteiger charge is 2.54. The van der Waals surface area contributed by atoms with E-state index in [4.69, 9.17) is 0 Å². The number of aliphatic hydroxyl groups is 4. The molecule has 15 heavy (non-hydrogen) atoms. The van der Waals surface area contributed by atoms with Crippen molar-refractivity contribution in [3.05, 3.63) is 10.1 Å². The van der Waals surface area contributed by atoms with Crippen molar-refractivity contribution in [2.24, 2.45) is 0 Å². The lowest BCUT2D eigenvalue weighted by molar-refractivity contribution is -0.822. The smallest absolute Gasteiger partial charge is 0.352 e. The second-order valence-corrected chi connectivity index (χ2v) is 3.19. The summed E-state index contributed by atoms with van der Waals surface area (Å²) in [4.78, 5) is 13.7. The van der Waals surface area contributed by atoms with Crippen LogP contribution in [-0.4, -0.2) is 55.9 Å². The molecule has 0 aromatic heterocycles. The summed E-state index contributed by atoms with van der Waals surface area (Å²) in [5.74, 6) is -2.97. The highest BCUT2D eigenvalue weighted by atomic mass is 17.0. The first kappa shape index (κ1) is 12.1. The molecule has 9 heteroatoms. The Morgan fingerprint density at radius 2 is 1.93 bits per heavy atom. The Balaban J connectivity index is 2.85. The topological polar surface area (TPSA) is 143 Å². The molecule has 0 bridgehead atoms. The molecule has 0 saturated carbocycles. The van der Waals surface area contributed by atoms with Crippen LogP contribution >= 0.6 is 0 Å². The molecule has 0 aliphatic carbocycles. The molecule has 5 atom stereocenters. The van der Waals surface area contributed by atoms with E-state index < -0.39 is 35.5 Å². The molecule has 1 fully saturated rings. The van der Waals surface area contributed by atoms with Gasteiger partial charge in [0.1, 0.15) is 12.2 Å². The summed E-state index contributed by atoms with van der Waals surface area (Å²) >= 11 is 0. The average molecular weight is 225 g/mol. The number of nitrogens with zero attached hydrogens (tertiary/aromatic N) is 1. The summed E-state index contributed by atoms with van der Waals surface area (Å²) in [6.07, 6.45) is -6.56. The van der Waals surface area contributed by atoms with E-state index in [1.54, 1.807) is 0 Å². The summed E-state index contributed by atoms with van der Waals surface area (Å²) in [6, 6.07) is 0. The van der Waals surface area contributed by atoms with Crippen LogP contribution in [0, 0.1) is 10.1 Å². The van der Waals surface area contributed by atoms with Crippen molar-refractivity contribution in [1.82, 2.24) is 0 Å². The lowest BCUT2D eigenvalue weighted by Crippen LogP contribution is -2.65. The lowest BCUT2D eigenvalue weighted by atomic mass is 9.99. The molecule has 1 aliphatic rings. The van der Waals surface area contributed by atoms with Gasteiger partial charge in [-0.05, 0) is 6.92 Å². The third kappa shape index (κ3) is 2.16. The predicted molar refractivity (Wildman–Crippen MR) is 41.6 cm³/mol. The first-order valence-electron chi connectivity index (χ1n) is 4.06. The molecule has 1 unspecified atom stereocenters. The average Bonchev–Trinajstić information content (AvgIpc) is 2.10. The number of hydrogen-bond donors (Lipinski definition) is 4. The predicted octanol–water partition coefficient (Wildman–Crippen LogP) is -2.66. The van der Waals surface area contributed by atoms with Gasteiger partial charge in [-0.25, -0.2) is 4.84 Å². The molecule has 1 heterocycles. The molecule has 0 radical (unpaired) electrons. The molecule has 9 nitrogen and oxygen atoms in total. The van der Waals surface area contributed by atoms with E-state index in [2.05, 4.69) is 9.57 Å². The molecule has 0 aromatic carbocycles. The van der Waals surface area contributed by atoms with Crippen molar-refractivity contribution in [1.29, 1.82) is 0 Å². The van der Waals surface area contributed by atoms with Crippen LogP contribution < -0.4 is 0 Å². The zero-order valence-corrected chi connectivity index (χ0v) is 7.68. The van der Waals surface area contributed by atoms with Crippen LogP contribution in [0.15, 0.2) is 0 Å². The van der Waals surface area contributed by atoms with Crippen molar-refractivity contribution in [3.8, 4) is 0 Å². The van der Waals surface area contributed by atoms with Gasteiger partial charge >= 0.3 is 5.97 Å². The molecule has 0 aromatic rings. The van der Waals surface area contributed by atoms with Gasteiger partial charge in [0.05, 0.1) is 6.10 Å². The zero-order chi connectivity index (χ0) is 11.8. The van der Waals surface area contributed by atoms with Gasteiger partial charge in [0, 0.05) is 0 Å².